The van der Waals surface area contributed by atoms with Crippen molar-refractivity contribution in [1.29, 1.82) is 0 Å². The number of nitrogens with one attached hydrogen (secondary N) is 2. The normalized spacial score (nSPS) is 17.7. The standard InChI is InChI=1S/C18H39N5O.HI/c1-7-19-18(20-8-9-23(15(2)3)16(4)5)21-14-17(6)22-10-12-24-13-11-22;/h15-17H,7-14H2,1-6H3,(H2,19,20,21);1H. The Morgan fingerprint density at radius 1 is 1.08 bits per heavy atom. The van der Waals surface area contributed by atoms with Crippen LogP contribution in [0.5, 0.6) is 0 Å². The maximum atomic E-state index is 5.42. The van der Waals surface area contributed by atoms with Gasteiger partial charge in [-0.2, -0.15) is 0 Å². The lowest BCUT2D eigenvalue weighted by molar-refractivity contribution is 0.0220. The summed E-state index contributed by atoms with van der Waals surface area (Å²) in [6, 6.07) is 1.58. The Morgan fingerprint density at radius 3 is 2.20 bits per heavy atom. The Balaban J connectivity index is 0.00000576. The minimum Gasteiger partial charge on any atom is -0.379 e. The minimum atomic E-state index is 0. The molecule has 0 aromatic heterocycles. The summed E-state index contributed by atoms with van der Waals surface area (Å²) in [7, 11) is 0. The fourth-order valence-corrected chi connectivity index (χ4v) is 3.11. The Bertz CT molecular complexity index is 351. The molecule has 1 atom stereocenters. The van der Waals surface area contributed by atoms with Crippen LogP contribution in [-0.2, 0) is 4.74 Å². The van der Waals surface area contributed by atoms with Crippen LogP contribution in [0.2, 0.25) is 0 Å². The molecular formula is C18H40IN5O. The lowest BCUT2D eigenvalue weighted by Gasteiger charge is -2.32. The number of ether oxygens (including phenoxy) is 1. The molecule has 1 unspecified atom stereocenters. The lowest BCUT2D eigenvalue weighted by Crippen LogP contribution is -2.46. The predicted molar refractivity (Wildman–Crippen MR) is 118 cm³/mol. The van der Waals surface area contributed by atoms with Crippen molar-refractivity contribution in [2.45, 2.75) is 59.7 Å². The van der Waals surface area contributed by atoms with E-state index in [-0.39, 0.29) is 24.0 Å². The van der Waals surface area contributed by atoms with Crippen molar-refractivity contribution in [3.63, 3.8) is 0 Å². The van der Waals surface area contributed by atoms with Gasteiger partial charge >= 0.3 is 0 Å². The number of hydrogen-bond acceptors (Lipinski definition) is 4. The molecule has 1 fully saturated rings. The first-order valence-corrected chi connectivity index (χ1v) is 9.55. The van der Waals surface area contributed by atoms with Crippen LogP contribution >= 0.6 is 24.0 Å². The first kappa shape index (κ1) is 24.9. The predicted octanol–water partition coefficient (Wildman–Crippen LogP) is 2.00. The highest BCUT2D eigenvalue weighted by Crippen LogP contribution is 2.04. The van der Waals surface area contributed by atoms with E-state index in [1.54, 1.807) is 0 Å². The van der Waals surface area contributed by atoms with Gasteiger partial charge in [0.1, 0.15) is 0 Å². The molecule has 150 valence electrons. The van der Waals surface area contributed by atoms with Gasteiger partial charge in [-0.05, 0) is 41.5 Å². The molecule has 0 aliphatic carbocycles. The molecule has 0 aromatic rings. The zero-order valence-corrected chi connectivity index (χ0v) is 19.4. The van der Waals surface area contributed by atoms with Gasteiger partial charge in [0, 0.05) is 50.8 Å². The third-order valence-corrected chi connectivity index (χ3v) is 4.52. The van der Waals surface area contributed by atoms with Crippen LogP contribution < -0.4 is 10.6 Å². The van der Waals surface area contributed by atoms with Crippen LogP contribution in [0.1, 0.15) is 41.5 Å². The van der Waals surface area contributed by atoms with Crippen LogP contribution in [-0.4, -0.2) is 86.4 Å². The molecule has 1 rings (SSSR count). The van der Waals surface area contributed by atoms with Crippen LogP contribution in [0.3, 0.4) is 0 Å². The van der Waals surface area contributed by atoms with Crippen molar-refractivity contribution in [3.8, 4) is 0 Å². The molecule has 0 amide bonds. The van der Waals surface area contributed by atoms with Crippen LogP contribution in [0.4, 0.5) is 0 Å². The summed E-state index contributed by atoms with van der Waals surface area (Å²) in [5, 5.41) is 6.82. The molecule has 7 heteroatoms. The maximum absolute atomic E-state index is 5.42. The Labute approximate surface area is 172 Å². The maximum Gasteiger partial charge on any atom is 0.191 e. The molecular weight excluding hydrogens is 429 g/mol. The zero-order valence-electron chi connectivity index (χ0n) is 17.0. The van der Waals surface area contributed by atoms with Gasteiger partial charge in [-0.3, -0.25) is 14.8 Å². The summed E-state index contributed by atoms with van der Waals surface area (Å²) in [6.45, 7) is 20.7. The molecule has 0 aromatic carbocycles. The first-order chi connectivity index (χ1) is 11.5. The van der Waals surface area contributed by atoms with E-state index >= 15 is 0 Å². The van der Waals surface area contributed by atoms with Crippen molar-refractivity contribution in [3.05, 3.63) is 0 Å². The van der Waals surface area contributed by atoms with Gasteiger partial charge in [-0.1, -0.05) is 0 Å². The van der Waals surface area contributed by atoms with Crippen LogP contribution in [0.15, 0.2) is 4.99 Å². The van der Waals surface area contributed by atoms with Crippen molar-refractivity contribution in [1.82, 2.24) is 20.4 Å². The molecule has 0 radical (unpaired) electrons. The Morgan fingerprint density at radius 2 is 1.68 bits per heavy atom. The van der Waals surface area contributed by atoms with Crippen molar-refractivity contribution < 1.29 is 4.74 Å². The minimum absolute atomic E-state index is 0. The van der Waals surface area contributed by atoms with Crippen molar-refractivity contribution in [2.24, 2.45) is 4.99 Å². The zero-order chi connectivity index (χ0) is 17.9. The average molecular weight is 469 g/mol. The number of guanidine groups is 1. The molecule has 0 bridgehead atoms. The third kappa shape index (κ3) is 9.96. The SMILES string of the molecule is CCNC(=NCC(C)N1CCOCC1)NCCN(C(C)C)C(C)C.I. The number of aliphatic imine (C=N–C) groups is 1. The van der Waals surface area contributed by atoms with E-state index in [9.17, 15) is 0 Å². The summed E-state index contributed by atoms with van der Waals surface area (Å²) < 4.78 is 5.42. The molecule has 1 aliphatic heterocycles. The number of hydrogen-bond donors (Lipinski definition) is 2. The van der Waals surface area contributed by atoms with E-state index in [0.717, 1.165) is 58.4 Å². The number of nitrogens with zero attached hydrogens (tertiary/aromatic N) is 3. The van der Waals surface area contributed by atoms with Crippen molar-refractivity contribution >= 4 is 29.9 Å². The molecule has 1 heterocycles. The third-order valence-electron chi connectivity index (χ3n) is 4.52. The highest BCUT2D eigenvalue weighted by atomic mass is 127. The van der Waals surface area contributed by atoms with E-state index in [4.69, 9.17) is 9.73 Å². The average Bonchev–Trinajstić information content (AvgIpc) is 2.56. The fourth-order valence-electron chi connectivity index (χ4n) is 3.11. The van der Waals surface area contributed by atoms with E-state index in [1.165, 1.54) is 0 Å². The van der Waals surface area contributed by atoms with Gasteiger partial charge in [0.25, 0.3) is 0 Å². The van der Waals surface area contributed by atoms with Crippen LogP contribution in [0.25, 0.3) is 0 Å². The van der Waals surface area contributed by atoms with Gasteiger partial charge in [-0.15, -0.1) is 24.0 Å². The van der Waals surface area contributed by atoms with Gasteiger partial charge in [0.05, 0.1) is 19.8 Å². The number of morpholine rings is 1. The quantitative estimate of drug-likeness (QED) is 0.308. The largest absolute Gasteiger partial charge is 0.379 e. The molecule has 2 N–H and O–H groups in total. The van der Waals surface area contributed by atoms with E-state index in [2.05, 4.69) is 62.0 Å². The molecule has 0 saturated carbocycles. The molecule has 25 heavy (non-hydrogen) atoms. The van der Waals surface area contributed by atoms with E-state index in [0.29, 0.717) is 18.1 Å². The Hall–Kier alpha value is -0.120. The second-order valence-corrected chi connectivity index (χ2v) is 7.07. The molecule has 1 aliphatic rings. The molecule has 1 saturated heterocycles. The summed E-state index contributed by atoms with van der Waals surface area (Å²) >= 11 is 0. The van der Waals surface area contributed by atoms with Gasteiger partial charge in [0.15, 0.2) is 5.96 Å². The van der Waals surface area contributed by atoms with E-state index in [1.807, 2.05) is 0 Å². The fraction of sp³-hybridized carbons (Fsp3) is 0.944. The second-order valence-electron chi connectivity index (χ2n) is 7.07. The second kappa shape index (κ2) is 14.0. The number of rotatable bonds is 9. The van der Waals surface area contributed by atoms with Gasteiger partial charge < -0.3 is 15.4 Å². The smallest absolute Gasteiger partial charge is 0.191 e. The number of halogens is 1. The monoisotopic (exact) mass is 469 g/mol. The highest BCUT2D eigenvalue weighted by Gasteiger charge is 2.17. The summed E-state index contributed by atoms with van der Waals surface area (Å²) in [5.74, 6) is 0.921. The molecule has 6 nitrogen and oxygen atoms in total. The highest BCUT2D eigenvalue weighted by molar-refractivity contribution is 14.0. The van der Waals surface area contributed by atoms with Gasteiger partial charge in [-0.25, -0.2) is 0 Å². The van der Waals surface area contributed by atoms with E-state index < -0.39 is 0 Å². The summed E-state index contributed by atoms with van der Waals surface area (Å²) in [4.78, 5) is 9.72. The molecule has 0 spiro atoms. The lowest BCUT2D eigenvalue weighted by atomic mass is 10.2. The van der Waals surface area contributed by atoms with Gasteiger partial charge in [0.2, 0.25) is 0 Å². The first-order valence-electron chi connectivity index (χ1n) is 9.55. The summed E-state index contributed by atoms with van der Waals surface area (Å²) in [5.41, 5.74) is 0. The summed E-state index contributed by atoms with van der Waals surface area (Å²) in [6.07, 6.45) is 0. The topological polar surface area (TPSA) is 52.1 Å². The Kier molecular flexibility index (Phi) is 13.9. The van der Waals surface area contributed by atoms with Crippen LogP contribution in [0, 0.1) is 0 Å². The van der Waals surface area contributed by atoms with Crippen molar-refractivity contribution in [2.75, 3.05) is 52.5 Å².